The van der Waals surface area contributed by atoms with Crippen LogP contribution in [0.3, 0.4) is 0 Å². The highest BCUT2D eigenvalue weighted by Gasteiger charge is 2.12. The number of nitrogens with zero attached hydrogens (tertiary/aromatic N) is 3. The number of aliphatic hydroxyl groups is 1. The molecule has 1 aromatic carbocycles. The van der Waals surface area contributed by atoms with Crippen molar-refractivity contribution in [2.24, 2.45) is 0 Å². The predicted octanol–water partition coefficient (Wildman–Crippen LogP) is 3.19. The Morgan fingerprint density at radius 1 is 1.32 bits per heavy atom. The number of thiazole rings is 1. The molecule has 3 rings (SSSR count). The van der Waals surface area contributed by atoms with E-state index in [-0.39, 0.29) is 17.3 Å². The maximum Gasteiger partial charge on any atom is 0.215 e. The second-order valence-electron chi connectivity index (χ2n) is 4.13. The van der Waals surface area contributed by atoms with Crippen LogP contribution in [-0.4, -0.2) is 31.1 Å². The lowest BCUT2D eigenvalue weighted by molar-refractivity contribution is 0.104. The zero-order valence-electron chi connectivity index (χ0n) is 11.1. The van der Waals surface area contributed by atoms with Crippen molar-refractivity contribution in [1.82, 2.24) is 20.2 Å². The van der Waals surface area contributed by atoms with Crippen LogP contribution in [0.1, 0.15) is 16.3 Å². The predicted molar refractivity (Wildman–Crippen MR) is 84.0 cm³/mol. The first-order chi connectivity index (χ1) is 10.7. The van der Waals surface area contributed by atoms with Crippen molar-refractivity contribution < 1.29 is 9.90 Å². The van der Waals surface area contributed by atoms with Gasteiger partial charge in [-0.05, 0) is 12.1 Å². The van der Waals surface area contributed by atoms with Crippen LogP contribution in [-0.2, 0) is 0 Å². The summed E-state index contributed by atoms with van der Waals surface area (Å²) in [6.07, 6.45) is 2.39. The number of aromatic nitrogens is 4. The van der Waals surface area contributed by atoms with Gasteiger partial charge in [0.15, 0.2) is 10.1 Å². The molecule has 0 spiro atoms. The van der Waals surface area contributed by atoms with E-state index >= 15 is 0 Å². The Balaban J connectivity index is 1.73. The first-order valence-electron chi connectivity index (χ1n) is 6.22. The zero-order valence-corrected chi connectivity index (χ0v) is 12.8. The molecule has 2 aromatic heterocycles. The van der Waals surface area contributed by atoms with Crippen LogP contribution in [0.25, 0.3) is 5.76 Å². The lowest BCUT2D eigenvalue weighted by Gasteiger charge is -1.95. The molecule has 8 heteroatoms. The Kier molecular flexibility index (Phi) is 4.31. The minimum atomic E-state index is -0.390. The smallest absolute Gasteiger partial charge is 0.215 e. The van der Waals surface area contributed by atoms with Crippen molar-refractivity contribution in [3.8, 4) is 0 Å². The summed E-state index contributed by atoms with van der Waals surface area (Å²) in [6, 6.07) is 9.78. The highest BCUT2D eigenvalue weighted by molar-refractivity contribution is 8.01. The number of nitrogens with one attached hydrogen (secondary N) is 1. The molecule has 2 heterocycles. The van der Waals surface area contributed by atoms with Gasteiger partial charge < -0.3 is 5.11 Å². The number of hydrogen-bond acceptors (Lipinski definition) is 7. The van der Waals surface area contributed by atoms with E-state index in [0.717, 1.165) is 15.3 Å². The minimum Gasteiger partial charge on any atom is -0.504 e. The van der Waals surface area contributed by atoms with Gasteiger partial charge in [-0.1, -0.05) is 30.0 Å². The van der Waals surface area contributed by atoms with Crippen molar-refractivity contribution in [2.75, 3.05) is 0 Å². The van der Waals surface area contributed by atoms with E-state index in [9.17, 15) is 9.90 Å². The first-order valence-corrected chi connectivity index (χ1v) is 7.91. The average Bonchev–Trinajstić information content (AvgIpc) is 3.19. The van der Waals surface area contributed by atoms with Gasteiger partial charge in [-0.3, -0.25) is 9.89 Å². The number of ketones is 1. The lowest BCUT2D eigenvalue weighted by Crippen LogP contribution is -1.98. The molecule has 0 aliphatic heterocycles. The van der Waals surface area contributed by atoms with Crippen LogP contribution >= 0.6 is 23.1 Å². The van der Waals surface area contributed by atoms with E-state index in [1.54, 1.807) is 5.38 Å². The van der Waals surface area contributed by atoms with E-state index < -0.39 is 5.78 Å². The van der Waals surface area contributed by atoms with Gasteiger partial charge in [-0.25, -0.2) is 9.97 Å². The Morgan fingerprint density at radius 3 is 2.86 bits per heavy atom. The maximum absolute atomic E-state index is 12.0. The van der Waals surface area contributed by atoms with E-state index in [1.807, 2.05) is 30.3 Å². The molecule has 0 bridgehead atoms. The largest absolute Gasteiger partial charge is 0.504 e. The van der Waals surface area contributed by atoms with Gasteiger partial charge in [0, 0.05) is 16.4 Å². The van der Waals surface area contributed by atoms with E-state index in [4.69, 9.17) is 0 Å². The molecule has 0 fully saturated rings. The summed E-state index contributed by atoms with van der Waals surface area (Å²) in [4.78, 5) is 21.1. The van der Waals surface area contributed by atoms with Crippen LogP contribution in [0.5, 0.6) is 0 Å². The molecule has 0 aliphatic rings. The fourth-order valence-corrected chi connectivity index (χ4v) is 3.40. The average molecular weight is 330 g/mol. The molecule has 22 heavy (non-hydrogen) atoms. The van der Waals surface area contributed by atoms with Gasteiger partial charge in [0.25, 0.3) is 0 Å². The summed E-state index contributed by atoms with van der Waals surface area (Å²) in [5.41, 5.74) is 0.283. The normalized spacial score (nSPS) is 11.5. The van der Waals surface area contributed by atoms with E-state index in [1.165, 1.54) is 29.4 Å². The Bertz CT molecular complexity index is 797. The molecule has 110 valence electrons. The summed E-state index contributed by atoms with van der Waals surface area (Å²) >= 11 is 2.86. The molecule has 2 N–H and O–H groups in total. The first kappa shape index (κ1) is 14.5. The van der Waals surface area contributed by atoms with Gasteiger partial charge in [0.1, 0.15) is 12.0 Å². The van der Waals surface area contributed by atoms with Crippen LogP contribution in [0, 0.1) is 0 Å². The molecule has 0 amide bonds. The highest BCUT2D eigenvalue weighted by Crippen LogP contribution is 2.30. The number of hydrogen-bond donors (Lipinski definition) is 2. The number of carbonyl (C=O) groups excluding carboxylic acids is 1. The number of H-pyrrole nitrogens is 1. The molecule has 0 aliphatic carbocycles. The fraction of sp³-hybridized carbons (Fsp3) is 0. The second kappa shape index (κ2) is 6.54. The third kappa shape index (κ3) is 3.41. The fourth-order valence-electron chi connectivity index (χ4n) is 1.60. The standard InChI is InChI=1S/C14H10N4O2S2/c19-11(6-12(20)13-15-8-16-18-13)10-7-21-14(17-10)22-9-4-2-1-3-5-9/h1-8,20H,(H,15,16,18). The van der Waals surface area contributed by atoms with Crippen molar-refractivity contribution >= 4 is 34.6 Å². The number of allylic oxidation sites excluding steroid dienone is 1. The molecular formula is C14H10N4O2S2. The Morgan fingerprint density at radius 2 is 2.14 bits per heavy atom. The van der Waals surface area contributed by atoms with Crippen LogP contribution < -0.4 is 0 Å². The number of aromatic amines is 1. The molecule has 0 atom stereocenters. The van der Waals surface area contributed by atoms with Crippen molar-refractivity contribution in [3.63, 3.8) is 0 Å². The number of benzene rings is 1. The lowest BCUT2D eigenvalue weighted by atomic mass is 10.2. The highest BCUT2D eigenvalue weighted by atomic mass is 32.2. The maximum atomic E-state index is 12.0. The molecule has 3 aromatic rings. The van der Waals surface area contributed by atoms with Crippen LogP contribution in [0.15, 0.2) is 57.4 Å². The monoisotopic (exact) mass is 330 g/mol. The van der Waals surface area contributed by atoms with Crippen molar-refractivity contribution in [3.05, 3.63) is 59.6 Å². The van der Waals surface area contributed by atoms with Crippen LogP contribution in [0.4, 0.5) is 0 Å². The third-order valence-corrected chi connectivity index (χ3v) is 4.54. The van der Waals surface area contributed by atoms with Crippen molar-refractivity contribution in [1.29, 1.82) is 0 Å². The van der Waals surface area contributed by atoms with Crippen LogP contribution in [0.2, 0.25) is 0 Å². The topological polar surface area (TPSA) is 91.8 Å². The number of rotatable bonds is 5. The van der Waals surface area contributed by atoms with Gasteiger partial charge >= 0.3 is 0 Å². The molecule has 0 saturated carbocycles. The Hall–Kier alpha value is -2.45. The summed E-state index contributed by atoms with van der Waals surface area (Å²) in [5, 5.41) is 17.6. The molecule has 6 nitrogen and oxygen atoms in total. The molecule has 0 saturated heterocycles. The summed E-state index contributed by atoms with van der Waals surface area (Å²) in [7, 11) is 0. The molecule has 0 radical (unpaired) electrons. The summed E-state index contributed by atoms with van der Waals surface area (Å²) in [6.45, 7) is 0. The molecule has 0 unspecified atom stereocenters. The van der Waals surface area contributed by atoms with Crippen molar-refractivity contribution in [2.45, 2.75) is 9.24 Å². The minimum absolute atomic E-state index is 0.0717. The Labute approximate surface area is 134 Å². The number of carbonyl (C=O) groups is 1. The van der Waals surface area contributed by atoms with Gasteiger partial charge in [0.05, 0.1) is 0 Å². The third-order valence-electron chi connectivity index (χ3n) is 2.60. The zero-order chi connectivity index (χ0) is 15.4. The SMILES string of the molecule is O=C(C=C(O)c1nc[nH]n1)c1csc(Sc2ccccc2)n1. The summed E-state index contributed by atoms with van der Waals surface area (Å²) < 4.78 is 0.764. The van der Waals surface area contributed by atoms with E-state index in [2.05, 4.69) is 20.2 Å². The van der Waals surface area contributed by atoms with E-state index in [0.29, 0.717) is 0 Å². The molecular weight excluding hydrogens is 320 g/mol. The number of aliphatic hydroxyl groups excluding tert-OH is 1. The summed E-state index contributed by atoms with van der Waals surface area (Å²) in [5.74, 6) is -0.613. The van der Waals surface area contributed by atoms with Gasteiger partial charge in [-0.15, -0.1) is 11.3 Å². The second-order valence-corrected chi connectivity index (χ2v) is 6.31. The van der Waals surface area contributed by atoms with Gasteiger partial charge in [0.2, 0.25) is 11.6 Å². The van der Waals surface area contributed by atoms with Gasteiger partial charge in [-0.2, -0.15) is 5.10 Å². The quantitative estimate of drug-likeness (QED) is 0.424.